The molecule has 2 aliphatic rings. The molecule has 11 nitrogen and oxygen atoms in total. The summed E-state index contributed by atoms with van der Waals surface area (Å²) in [6.07, 6.45) is 11.0. The van der Waals surface area contributed by atoms with Gasteiger partial charge in [0.15, 0.2) is 0 Å². The number of β-amino-alcohol motifs (C(OH)–C–C–N with tert-alkyl or cyclic N) is 1. The first kappa shape index (κ1) is 37.2. The standard InChI is InChI=1S/C40H46ClN7O4/c1-27-8-4-5-9-33(27)34-10-6-13-40(28(34)2,52-17-7-15-48-16-12-32(49)23-48)25-51-38-19-37(50-24-36-29(3)45-26-46-36)30(18-35(38)41)21-43-22-31-11-14-44-39(20-42)47-31/h4-6,8-11,13-14,18-19,26,28,32,43,49H,7,12,15-17,21-25H2,1-3H3,(H,45,46). The van der Waals surface area contributed by atoms with Crippen LogP contribution in [0.1, 0.15) is 59.4 Å². The van der Waals surface area contributed by atoms with Gasteiger partial charge in [0.2, 0.25) is 5.82 Å². The molecular formula is C40H46ClN7O4. The van der Waals surface area contributed by atoms with Crippen LogP contribution in [-0.4, -0.2) is 74.5 Å². The van der Waals surface area contributed by atoms with Crippen LogP contribution in [0.2, 0.25) is 5.02 Å². The zero-order valence-corrected chi connectivity index (χ0v) is 30.7. The van der Waals surface area contributed by atoms with Crippen molar-refractivity contribution in [3.8, 4) is 17.6 Å². The fraction of sp³-hybridized carbons (Fsp3) is 0.400. The average molecular weight is 724 g/mol. The quantitative estimate of drug-likeness (QED) is 0.116. The Labute approximate surface area is 310 Å². The van der Waals surface area contributed by atoms with E-state index in [-0.39, 0.29) is 31.1 Å². The molecule has 12 heteroatoms. The van der Waals surface area contributed by atoms with Gasteiger partial charge >= 0.3 is 0 Å². The molecule has 4 aromatic rings. The Morgan fingerprint density at radius 1 is 1.13 bits per heavy atom. The molecule has 3 unspecified atom stereocenters. The zero-order valence-electron chi connectivity index (χ0n) is 29.9. The van der Waals surface area contributed by atoms with Gasteiger partial charge in [-0.3, -0.25) is 0 Å². The number of aromatic nitrogens is 4. The number of rotatable bonds is 16. The van der Waals surface area contributed by atoms with Crippen LogP contribution in [0.3, 0.4) is 0 Å². The molecule has 1 saturated heterocycles. The highest BCUT2D eigenvalue weighted by molar-refractivity contribution is 6.32. The normalized spacial score (nSPS) is 20.1. The SMILES string of the molecule is Cc1ccccc1C1=CC=CC(COc2cc(OCc3nc[nH]c3C)c(CNCc3ccnc(C#N)n3)cc2Cl)(OCCCN2CCC(O)C2)C1C. The van der Waals surface area contributed by atoms with Crippen molar-refractivity contribution in [2.45, 2.75) is 65.0 Å². The van der Waals surface area contributed by atoms with E-state index in [0.717, 1.165) is 42.9 Å². The number of aliphatic hydroxyl groups is 1. The van der Waals surface area contributed by atoms with Crippen molar-refractivity contribution >= 4 is 17.2 Å². The summed E-state index contributed by atoms with van der Waals surface area (Å²) in [6, 6.07) is 15.8. The number of hydrogen-bond acceptors (Lipinski definition) is 10. The van der Waals surface area contributed by atoms with E-state index in [9.17, 15) is 10.4 Å². The molecule has 2 aromatic heterocycles. The lowest BCUT2D eigenvalue weighted by molar-refractivity contribution is -0.0617. The van der Waals surface area contributed by atoms with Gasteiger partial charge in [0.1, 0.15) is 36.4 Å². The minimum atomic E-state index is -0.770. The molecule has 6 rings (SSSR count). The monoisotopic (exact) mass is 723 g/mol. The van der Waals surface area contributed by atoms with E-state index in [1.165, 1.54) is 16.7 Å². The molecule has 272 valence electrons. The summed E-state index contributed by atoms with van der Waals surface area (Å²) in [5.41, 5.74) is 6.05. The molecule has 0 saturated carbocycles. The van der Waals surface area contributed by atoms with Gasteiger partial charge < -0.3 is 34.5 Å². The summed E-state index contributed by atoms with van der Waals surface area (Å²) < 4.78 is 19.8. The minimum absolute atomic E-state index is 0.0313. The van der Waals surface area contributed by atoms with E-state index in [2.05, 4.69) is 86.5 Å². The predicted molar refractivity (Wildman–Crippen MR) is 200 cm³/mol. The van der Waals surface area contributed by atoms with Crippen LogP contribution < -0.4 is 14.8 Å². The highest BCUT2D eigenvalue weighted by Crippen LogP contribution is 2.41. The van der Waals surface area contributed by atoms with E-state index in [4.69, 9.17) is 25.8 Å². The van der Waals surface area contributed by atoms with Crippen molar-refractivity contribution in [1.29, 1.82) is 5.26 Å². The third kappa shape index (κ3) is 9.07. The Bertz CT molecular complexity index is 1940. The minimum Gasteiger partial charge on any atom is -0.489 e. The Balaban J connectivity index is 1.22. The smallest absolute Gasteiger partial charge is 0.232 e. The highest BCUT2D eigenvalue weighted by Gasteiger charge is 2.40. The molecular weight excluding hydrogens is 678 g/mol. The van der Waals surface area contributed by atoms with Crippen LogP contribution in [-0.2, 0) is 24.4 Å². The number of benzene rings is 2. The van der Waals surface area contributed by atoms with Gasteiger partial charge in [0.25, 0.3) is 0 Å². The largest absolute Gasteiger partial charge is 0.489 e. The number of nitrogens with one attached hydrogen (secondary N) is 2. The van der Waals surface area contributed by atoms with E-state index in [1.807, 2.05) is 25.1 Å². The van der Waals surface area contributed by atoms with E-state index in [1.54, 1.807) is 18.6 Å². The molecule has 0 bridgehead atoms. The number of imidazole rings is 1. The van der Waals surface area contributed by atoms with Gasteiger partial charge in [0.05, 0.1) is 28.8 Å². The van der Waals surface area contributed by atoms with E-state index in [0.29, 0.717) is 48.5 Å². The molecule has 3 heterocycles. The number of nitriles is 1. The third-order valence-electron chi connectivity index (χ3n) is 9.85. The van der Waals surface area contributed by atoms with E-state index < -0.39 is 5.60 Å². The Morgan fingerprint density at radius 2 is 2.00 bits per heavy atom. The number of hydrogen-bond donors (Lipinski definition) is 3. The van der Waals surface area contributed by atoms with E-state index >= 15 is 0 Å². The summed E-state index contributed by atoms with van der Waals surface area (Å²) in [5, 5.41) is 23.0. The molecule has 52 heavy (non-hydrogen) atoms. The summed E-state index contributed by atoms with van der Waals surface area (Å²) in [7, 11) is 0. The fourth-order valence-corrected chi connectivity index (χ4v) is 6.98. The molecule has 3 atom stereocenters. The zero-order chi connectivity index (χ0) is 36.5. The second kappa shape index (κ2) is 17.3. The second-order valence-electron chi connectivity index (χ2n) is 13.4. The van der Waals surface area contributed by atoms with Crippen LogP contribution in [0.5, 0.6) is 11.5 Å². The average Bonchev–Trinajstić information content (AvgIpc) is 3.77. The number of allylic oxidation sites excluding steroid dienone is 2. The molecule has 2 aromatic carbocycles. The number of H-pyrrole nitrogens is 1. The maximum Gasteiger partial charge on any atom is 0.232 e. The Kier molecular flexibility index (Phi) is 12.4. The van der Waals surface area contributed by atoms with Gasteiger partial charge in [-0.05, 0) is 61.6 Å². The third-order valence-corrected chi connectivity index (χ3v) is 10.1. The summed E-state index contributed by atoms with van der Waals surface area (Å²) in [4.78, 5) is 18.0. The Morgan fingerprint density at radius 3 is 2.77 bits per heavy atom. The number of aliphatic hydroxyl groups excluding tert-OH is 1. The molecule has 1 aliphatic heterocycles. The molecule has 1 aliphatic carbocycles. The fourth-order valence-electron chi connectivity index (χ4n) is 6.74. The maximum atomic E-state index is 9.99. The predicted octanol–water partition coefficient (Wildman–Crippen LogP) is 6.09. The topological polar surface area (TPSA) is 141 Å². The number of ether oxygens (including phenoxy) is 3. The lowest BCUT2D eigenvalue weighted by atomic mass is 9.76. The molecule has 3 N–H and O–H groups in total. The van der Waals surface area contributed by atoms with Gasteiger partial charge in [-0.1, -0.05) is 54.9 Å². The van der Waals surface area contributed by atoms with Gasteiger partial charge in [0, 0.05) is 68.8 Å². The van der Waals surface area contributed by atoms with Crippen molar-refractivity contribution in [1.82, 2.24) is 30.2 Å². The summed E-state index contributed by atoms with van der Waals surface area (Å²) in [5.74, 6) is 1.18. The van der Waals surface area contributed by atoms with Crippen molar-refractivity contribution in [3.63, 3.8) is 0 Å². The van der Waals surface area contributed by atoms with Gasteiger partial charge in [-0.2, -0.15) is 5.26 Å². The lowest BCUT2D eigenvalue weighted by Gasteiger charge is -2.40. The van der Waals surface area contributed by atoms with Crippen LogP contribution in [0.15, 0.2) is 73.2 Å². The summed E-state index contributed by atoms with van der Waals surface area (Å²) >= 11 is 6.94. The summed E-state index contributed by atoms with van der Waals surface area (Å²) in [6.45, 7) is 10.6. The number of nitrogens with zero attached hydrogens (tertiary/aromatic N) is 5. The van der Waals surface area contributed by atoms with Crippen molar-refractivity contribution in [2.24, 2.45) is 5.92 Å². The number of halogens is 1. The molecule has 0 radical (unpaired) electrons. The number of aromatic amines is 1. The second-order valence-corrected chi connectivity index (χ2v) is 13.9. The first-order chi connectivity index (χ1) is 25.2. The Hall–Kier alpha value is -4.57. The highest BCUT2D eigenvalue weighted by atomic mass is 35.5. The lowest BCUT2D eigenvalue weighted by Crippen LogP contribution is -2.45. The van der Waals surface area contributed by atoms with Crippen molar-refractivity contribution in [2.75, 3.05) is 32.8 Å². The van der Waals surface area contributed by atoms with Crippen molar-refractivity contribution < 1.29 is 19.3 Å². The number of aryl methyl sites for hydroxylation is 2. The number of likely N-dealkylation sites (tertiary alicyclic amines) is 1. The van der Waals surface area contributed by atoms with Crippen molar-refractivity contribution in [3.05, 3.63) is 118 Å². The first-order valence-corrected chi connectivity index (χ1v) is 18.1. The maximum absolute atomic E-state index is 9.99. The molecule has 0 amide bonds. The molecule has 0 spiro atoms. The van der Waals surface area contributed by atoms with Crippen LogP contribution >= 0.6 is 11.6 Å². The first-order valence-electron chi connectivity index (χ1n) is 17.7. The molecule has 1 fully saturated rings. The van der Waals surface area contributed by atoms with Gasteiger partial charge in [-0.15, -0.1) is 0 Å². The van der Waals surface area contributed by atoms with Gasteiger partial charge in [-0.25, -0.2) is 15.0 Å². The van der Waals surface area contributed by atoms with Crippen LogP contribution in [0.4, 0.5) is 0 Å². The van der Waals surface area contributed by atoms with Crippen LogP contribution in [0, 0.1) is 31.1 Å². The van der Waals surface area contributed by atoms with Crippen LogP contribution in [0.25, 0.3) is 5.57 Å².